The summed E-state index contributed by atoms with van der Waals surface area (Å²) in [7, 11) is 0. The van der Waals surface area contributed by atoms with Gasteiger partial charge in [0.15, 0.2) is 0 Å². The Bertz CT molecular complexity index is 538. The molecule has 2 atom stereocenters. The van der Waals surface area contributed by atoms with Crippen molar-refractivity contribution >= 4 is 0 Å². The van der Waals surface area contributed by atoms with E-state index in [9.17, 15) is 0 Å². The molecule has 3 rings (SSSR count). The number of nitrogens with zero attached hydrogens (tertiary/aromatic N) is 2. The number of hydrogen-bond acceptors (Lipinski definition) is 3. The highest BCUT2D eigenvalue weighted by Gasteiger charge is 2.21. The zero-order chi connectivity index (χ0) is 13.8. The van der Waals surface area contributed by atoms with Crippen LogP contribution in [0.2, 0.25) is 0 Å². The lowest BCUT2D eigenvalue weighted by Gasteiger charge is -2.29. The summed E-state index contributed by atoms with van der Waals surface area (Å²) in [6.45, 7) is 3.98. The van der Waals surface area contributed by atoms with Crippen LogP contribution in [0.3, 0.4) is 0 Å². The Morgan fingerprint density at radius 3 is 3.15 bits per heavy atom. The van der Waals surface area contributed by atoms with Gasteiger partial charge < -0.3 is 10.1 Å². The molecule has 106 valence electrons. The van der Waals surface area contributed by atoms with Crippen molar-refractivity contribution < 1.29 is 4.74 Å². The molecule has 1 aliphatic rings. The molecule has 0 fully saturated rings. The summed E-state index contributed by atoms with van der Waals surface area (Å²) in [4.78, 5) is 0. The van der Waals surface area contributed by atoms with Crippen LogP contribution >= 0.6 is 0 Å². The highest BCUT2D eigenvalue weighted by atomic mass is 16.5. The monoisotopic (exact) mass is 271 g/mol. The van der Waals surface area contributed by atoms with Crippen molar-refractivity contribution in [2.45, 2.75) is 38.4 Å². The third kappa shape index (κ3) is 3.02. The lowest BCUT2D eigenvalue weighted by Crippen LogP contribution is -2.34. The Balaban J connectivity index is 1.58. The Kier molecular flexibility index (Phi) is 4.02. The van der Waals surface area contributed by atoms with Gasteiger partial charge in [-0.1, -0.05) is 18.2 Å². The van der Waals surface area contributed by atoms with Crippen molar-refractivity contribution in [2.75, 3.05) is 6.61 Å². The molecule has 2 unspecified atom stereocenters. The summed E-state index contributed by atoms with van der Waals surface area (Å²) in [5.74, 6) is 1.02. The van der Waals surface area contributed by atoms with E-state index in [0.29, 0.717) is 12.1 Å². The predicted octanol–water partition coefficient (Wildman–Crippen LogP) is 2.78. The van der Waals surface area contributed by atoms with Gasteiger partial charge in [-0.15, -0.1) is 0 Å². The number of rotatable bonds is 5. The lowest BCUT2D eigenvalue weighted by molar-refractivity contribution is 0.242. The summed E-state index contributed by atoms with van der Waals surface area (Å²) in [6.07, 6.45) is 5.94. The topological polar surface area (TPSA) is 39.1 Å². The number of ether oxygens (including phenoxy) is 1. The molecular weight excluding hydrogens is 250 g/mol. The van der Waals surface area contributed by atoms with E-state index in [2.05, 4.69) is 35.5 Å². The van der Waals surface area contributed by atoms with E-state index >= 15 is 0 Å². The van der Waals surface area contributed by atoms with Crippen LogP contribution in [-0.2, 0) is 6.54 Å². The molecule has 4 heteroatoms. The maximum atomic E-state index is 5.70. The molecule has 4 nitrogen and oxygen atoms in total. The second kappa shape index (κ2) is 6.09. The second-order valence-corrected chi connectivity index (χ2v) is 5.35. The van der Waals surface area contributed by atoms with Crippen LogP contribution in [0.4, 0.5) is 0 Å². The normalized spacial score (nSPS) is 19.1. The number of fused-ring (bicyclic) bond motifs is 1. The minimum absolute atomic E-state index is 0.396. The third-order valence-electron chi connectivity index (χ3n) is 3.79. The van der Waals surface area contributed by atoms with E-state index < -0.39 is 0 Å². The Hall–Kier alpha value is -1.81. The standard InChI is InChI=1S/C16H21N3O/c1-13(7-11-19-10-4-9-17-19)18-15-8-12-20-16-6-3-2-5-14(15)16/h2-6,9-10,13,15,18H,7-8,11-12H2,1H3. The van der Waals surface area contributed by atoms with Gasteiger partial charge in [0.2, 0.25) is 0 Å². The number of benzene rings is 1. The highest BCUT2D eigenvalue weighted by molar-refractivity contribution is 5.37. The first kappa shape index (κ1) is 13.2. The summed E-state index contributed by atoms with van der Waals surface area (Å²) < 4.78 is 7.68. The van der Waals surface area contributed by atoms with E-state index in [1.807, 2.05) is 29.2 Å². The highest BCUT2D eigenvalue weighted by Crippen LogP contribution is 2.31. The zero-order valence-electron chi connectivity index (χ0n) is 11.8. The molecule has 1 aromatic heterocycles. The van der Waals surface area contributed by atoms with Gasteiger partial charge in [-0.3, -0.25) is 4.68 Å². The first-order valence-electron chi connectivity index (χ1n) is 7.28. The molecule has 0 radical (unpaired) electrons. The first-order valence-corrected chi connectivity index (χ1v) is 7.28. The summed E-state index contributed by atoms with van der Waals surface area (Å²) in [5, 5.41) is 7.96. The van der Waals surface area contributed by atoms with Crippen LogP contribution in [0.1, 0.15) is 31.4 Å². The zero-order valence-corrected chi connectivity index (χ0v) is 11.8. The van der Waals surface area contributed by atoms with Crippen molar-refractivity contribution in [3.63, 3.8) is 0 Å². The van der Waals surface area contributed by atoms with Gasteiger partial charge in [-0.25, -0.2) is 0 Å². The summed E-state index contributed by atoms with van der Waals surface area (Å²) in [5.41, 5.74) is 1.28. The van der Waals surface area contributed by atoms with Gasteiger partial charge >= 0.3 is 0 Å². The van der Waals surface area contributed by atoms with Crippen molar-refractivity contribution in [1.29, 1.82) is 0 Å². The van der Waals surface area contributed by atoms with Gasteiger partial charge in [-0.2, -0.15) is 5.10 Å². The van der Waals surface area contributed by atoms with Crippen LogP contribution in [0.15, 0.2) is 42.7 Å². The van der Waals surface area contributed by atoms with Crippen molar-refractivity contribution in [3.8, 4) is 5.75 Å². The van der Waals surface area contributed by atoms with Gasteiger partial charge in [0.25, 0.3) is 0 Å². The summed E-state index contributed by atoms with van der Waals surface area (Å²) in [6, 6.07) is 11.1. The Morgan fingerprint density at radius 2 is 2.30 bits per heavy atom. The van der Waals surface area contributed by atoms with E-state index in [0.717, 1.165) is 31.7 Å². The minimum atomic E-state index is 0.396. The van der Waals surface area contributed by atoms with Crippen molar-refractivity contribution in [3.05, 3.63) is 48.3 Å². The van der Waals surface area contributed by atoms with Crippen LogP contribution in [-0.4, -0.2) is 22.4 Å². The molecule has 0 saturated heterocycles. The maximum absolute atomic E-state index is 5.70. The van der Waals surface area contributed by atoms with E-state index in [1.54, 1.807) is 0 Å². The molecule has 1 N–H and O–H groups in total. The lowest BCUT2D eigenvalue weighted by atomic mass is 9.99. The largest absolute Gasteiger partial charge is 0.493 e. The Labute approximate surface area is 119 Å². The number of para-hydroxylation sites is 1. The molecule has 2 aromatic rings. The number of hydrogen-bond donors (Lipinski definition) is 1. The van der Waals surface area contributed by atoms with E-state index in [1.165, 1.54) is 5.56 Å². The fourth-order valence-electron chi connectivity index (χ4n) is 2.70. The fourth-order valence-corrected chi connectivity index (χ4v) is 2.70. The predicted molar refractivity (Wildman–Crippen MR) is 78.7 cm³/mol. The van der Waals surface area contributed by atoms with E-state index in [-0.39, 0.29) is 0 Å². The fraction of sp³-hybridized carbons (Fsp3) is 0.438. The average Bonchev–Trinajstić information content (AvgIpc) is 2.99. The average molecular weight is 271 g/mol. The quantitative estimate of drug-likeness (QED) is 0.909. The van der Waals surface area contributed by atoms with Crippen LogP contribution in [0.5, 0.6) is 5.75 Å². The van der Waals surface area contributed by atoms with Crippen LogP contribution in [0, 0.1) is 0 Å². The smallest absolute Gasteiger partial charge is 0.124 e. The molecule has 0 bridgehead atoms. The molecule has 20 heavy (non-hydrogen) atoms. The van der Waals surface area contributed by atoms with Gasteiger partial charge in [0.1, 0.15) is 5.75 Å². The number of aryl methyl sites for hydroxylation is 1. The molecule has 1 aliphatic heterocycles. The number of nitrogens with one attached hydrogen (secondary N) is 1. The summed E-state index contributed by atoms with van der Waals surface area (Å²) >= 11 is 0. The van der Waals surface area contributed by atoms with Gasteiger partial charge in [0.05, 0.1) is 6.61 Å². The Morgan fingerprint density at radius 1 is 1.40 bits per heavy atom. The van der Waals surface area contributed by atoms with Crippen molar-refractivity contribution in [2.24, 2.45) is 0 Å². The first-order chi connectivity index (χ1) is 9.83. The van der Waals surface area contributed by atoms with Gasteiger partial charge in [0, 0.05) is 43.0 Å². The molecular formula is C16H21N3O. The maximum Gasteiger partial charge on any atom is 0.124 e. The second-order valence-electron chi connectivity index (χ2n) is 5.35. The van der Waals surface area contributed by atoms with Gasteiger partial charge in [-0.05, 0) is 25.5 Å². The molecule has 0 aliphatic carbocycles. The number of aromatic nitrogens is 2. The molecule has 0 spiro atoms. The van der Waals surface area contributed by atoms with Crippen LogP contribution < -0.4 is 10.1 Å². The minimum Gasteiger partial charge on any atom is -0.493 e. The third-order valence-corrected chi connectivity index (χ3v) is 3.79. The molecule has 2 heterocycles. The van der Waals surface area contributed by atoms with Crippen molar-refractivity contribution in [1.82, 2.24) is 15.1 Å². The molecule has 0 saturated carbocycles. The van der Waals surface area contributed by atoms with Crippen LogP contribution in [0.25, 0.3) is 0 Å². The van der Waals surface area contributed by atoms with E-state index in [4.69, 9.17) is 4.74 Å². The molecule has 0 amide bonds. The SMILES string of the molecule is CC(CCn1cccn1)NC1CCOc2ccccc21. The molecule has 1 aromatic carbocycles.